The number of H-pyrrole nitrogens is 1. The summed E-state index contributed by atoms with van der Waals surface area (Å²) in [5.74, 6) is 0.254. The smallest absolute Gasteiger partial charge is 0.274 e. The summed E-state index contributed by atoms with van der Waals surface area (Å²) in [4.78, 5) is 33.6. The summed E-state index contributed by atoms with van der Waals surface area (Å²) < 4.78 is 21.5. The zero-order valence-electron chi connectivity index (χ0n) is 24.9. The van der Waals surface area contributed by atoms with Crippen LogP contribution in [-0.2, 0) is 19.1 Å². The molecule has 0 aliphatic heterocycles. The average molecular weight is 583 g/mol. The molecule has 0 aliphatic rings. The van der Waals surface area contributed by atoms with E-state index in [1.807, 2.05) is 52.0 Å². The second-order valence-corrected chi connectivity index (χ2v) is 10.9. The summed E-state index contributed by atoms with van der Waals surface area (Å²) >= 11 is 0. The number of pyridine rings is 2. The number of amides is 1. The maximum absolute atomic E-state index is 13.6. The number of halogens is 1. The fourth-order valence-corrected chi connectivity index (χ4v) is 5.34. The Morgan fingerprint density at radius 3 is 2.44 bits per heavy atom. The Labute approximate surface area is 249 Å². The zero-order valence-corrected chi connectivity index (χ0v) is 24.9. The van der Waals surface area contributed by atoms with Crippen molar-refractivity contribution in [1.82, 2.24) is 19.9 Å². The number of aryl methyl sites for hydroxylation is 3. The number of nitrogens with one attached hydrogen (secondary N) is 2. The molecule has 0 fully saturated rings. The topological polar surface area (TPSA) is 109 Å². The normalized spacial score (nSPS) is 12.7. The Morgan fingerprint density at radius 2 is 1.79 bits per heavy atom. The number of benzene rings is 2. The minimum Gasteiger partial charge on any atom is -0.438 e. The molecule has 43 heavy (non-hydrogen) atoms. The Balaban J connectivity index is 1.74. The maximum atomic E-state index is 13.6. The summed E-state index contributed by atoms with van der Waals surface area (Å²) in [7, 11) is 1.64. The molecule has 3 heterocycles. The fourth-order valence-electron chi connectivity index (χ4n) is 5.34. The molecule has 1 unspecified atom stereocenters. The van der Waals surface area contributed by atoms with Crippen molar-refractivity contribution in [2.75, 3.05) is 6.54 Å². The van der Waals surface area contributed by atoms with E-state index in [9.17, 15) is 19.1 Å². The summed E-state index contributed by atoms with van der Waals surface area (Å²) in [5, 5.41) is 15.2. The zero-order chi connectivity index (χ0) is 30.9. The molecule has 5 rings (SSSR count). The van der Waals surface area contributed by atoms with Gasteiger partial charge in [-0.1, -0.05) is 37.3 Å². The van der Waals surface area contributed by atoms with Crippen LogP contribution in [0.3, 0.4) is 0 Å². The third kappa shape index (κ3) is 5.81. The van der Waals surface area contributed by atoms with Gasteiger partial charge in [0.2, 0.25) is 5.88 Å². The van der Waals surface area contributed by atoms with Gasteiger partial charge < -0.3 is 24.7 Å². The Morgan fingerprint density at radius 1 is 1.09 bits per heavy atom. The van der Waals surface area contributed by atoms with Crippen molar-refractivity contribution >= 4 is 16.8 Å². The first kappa shape index (κ1) is 29.7. The van der Waals surface area contributed by atoms with Crippen molar-refractivity contribution < 1.29 is 19.0 Å². The van der Waals surface area contributed by atoms with Gasteiger partial charge in [-0.3, -0.25) is 9.59 Å². The van der Waals surface area contributed by atoms with Crippen molar-refractivity contribution in [3.8, 4) is 22.8 Å². The number of carbonyl (C=O) groups is 1. The molecular weight excluding hydrogens is 547 g/mol. The number of aromatic nitrogens is 3. The second kappa shape index (κ2) is 11.9. The van der Waals surface area contributed by atoms with E-state index < -0.39 is 5.60 Å². The lowest BCUT2D eigenvalue weighted by molar-refractivity contribution is 0.0323. The van der Waals surface area contributed by atoms with Crippen LogP contribution in [0.4, 0.5) is 4.39 Å². The first-order valence-electron chi connectivity index (χ1n) is 14.3. The molecule has 8 nitrogen and oxygen atoms in total. The number of nitrogens with zero attached hydrogens (tertiary/aromatic N) is 2. The van der Waals surface area contributed by atoms with Gasteiger partial charge in [0.05, 0.1) is 5.60 Å². The minimum atomic E-state index is -1.33. The van der Waals surface area contributed by atoms with E-state index in [2.05, 4.69) is 10.3 Å². The first-order valence-corrected chi connectivity index (χ1v) is 14.3. The molecule has 0 spiro atoms. The third-order valence-electron chi connectivity index (χ3n) is 7.83. The van der Waals surface area contributed by atoms with E-state index in [4.69, 9.17) is 9.72 Å². The lowest BCUT2D eigenvalue weighted by atomic mass is 9.85. The van der Waals surface area contributed by atoms with Crippen LogP contribution in [0.15, 0.2) is 71.8 Å². The third-order valence-corrected chi connectivity index (χ3v) is 7.83. The van der Waals surface area contributed by atoms with Gasteiger partial charge in [0.1, 0.15) is 22.8 Å². The molecule has 0 radical (unpaired) electrons. The molecule has 222 valence electrons. The summed E-state index contributed by atoms with van der Waals surface area (Å²) in [6.45, 7) is 8.02. The molecule has 5 aromatic rings. The standard InChI is InChI=1S/C34H35FN4O4/c1-6-34(42,17-22-11-13-24(35)14-12-22)23-15-26(32(37-18-23)43-30-20(3)9-8-10-21(30)4)27-19-39(5)33(41)29-25(27)16-28(38-29)31(40)36-7-2/h8-16,18-19,38,42H,6-7,17H2,1-5H3,(H,36,40). The highest BCUT2D eigenvalue weighted by atomic mass is 19.1. The lowest BCUT2D eigenvalue weighted by Crippen LogP contribution is -2.28. The molecule has 9 heteroatoms. The maximum Gasteiger partial charge on any atom is 0.274 e. The minimum absolute atomic E-state index is 0.232. The Kier molecular flexibility index (Phi) is 8.19. The summed E-state index contributed by atoms with van der Waals surface area (Å²) in [6, 6.07) is 15.4. The van der Waals surface area contributed by atoms with Crippen molar-refractivity contribution in [2.24, 2.45) is 7.05 Å². The van der Waals surface area contributed by atoms with E-state index in [0.717, 1.165) is 16.7 Å². The number of fused-ring (bicyclic) bond motifs is 1. The monoisotopic (exact) mass is 582 g/mol. The van der Waals surface area contributed by atoms with Gasteiger partial charge in [-0.05, 0) is 68.1 Å². The van der Waals surface area contributed by atoms with Crippen molar-refractivity contribution in [3.05, 3.63) is 111 Å². The van der Waals surface area contributed by atoms with Crippen LogP contribution >= 0.6 is 0 Å². The molecule has 3 aromatic heterocycles. The van der Waals surface area contributed by atoms with Crippen LogP contribution < -0.4 is 15.6 Å². The molecule has 2 aromatic carbocycles. The average Bonchev–Trinajstić information content (AvgIpc) is 3.44. The van der Waals surface area contributed by atoms with Crippen LogP contribution in [0.5, 0.6) is 11.6 Å². The van der Waals surface area contributed by atoms with Gasteiger partial charge in [0.25, 0.3) is 11.5 Å². The largest absolute Gasteiger partial charge is 0.438 e. The van der Waals surface area contributed by atoms with Gasteiger partial charge in [-0.15, -0.1) is 0 Å². The highest BCUT2D eigenvalue weighted by Gasteiger charge is 2.30. The molecule has 0 saturated heterocycles. The molecule has 0 aliphatic carbocycles. The van der Waals surface area contributed by atoms with Gasteiger partial charge >= 0.3 is 0 Å². The van der Waals surface area contributed by atoms with Crippen LogP contribution in [0.1, 0.15) is 53.0 Å². The Hall–Kier alpha value is -4.76. The second-order valence-electron chi connectivity index (χ2n) is 10.9. The van der Waals surface area contributed by atoms with Gasteiger partial charge in [0.15, 0.2) is 0 Å². The van der Waals surface area contributed by atoms with Gasteiger partial charge in [-0.25, -0.2) is 9.37 Å². The van der Waals surface area contributed by atoms with E-state index in [1.165, 1.54) is 16.7 Å². The van der Waals surface area contributed by atoms with Crippen molar-refractivity contribution in [1.29, 1.82) is 0 Å². The molecular formula is C34H35FN4O4. The van der Waals surface area contributed by atoms with E-state index in [0.29, 0.717) is 40.8 Å². The number of hydrogen-bond acceptors (Lipinski definition) is 5. The Bertz CT molecular complexity index is 1860. The van der Waals surface area contributed by atoms with Crippen LogP contribution in [0.2, 0.25) is 0 Å². The van der Waals surface area contributed by atoms with Gasteiger partial charge in [0, 0.05) is 54.5 Å². The molecule has 1 amide bonds. The summed E-state index contributed by atoms with van der Waals surface area (Å²) in [5.41, 5.74) is 3.17. The van der Waals surface area contributed by atoms with Gasteiger partial charge in [-0.2, -0.15) is 0 Å². The number of rotatable bonds is 9. The number of hydrogen-bond donors (Lipinski definition) is 3. The fraction of sp³-hybridized carbons (Fsp3) is 0.265. The number of ether oxygens (including phenoxy) is 1. The summed E-state index contributed by atoms with van der Waals surface area (Å²) in [6.07, 6.45) is 3.87. The predicted octanol–water partition coefficient (Wildman–Crippen LogP) is 6.07. The van der Waals surface area contributed by atoms with Crippen molar-refractivity contribution in [3.63, 3.8) is 0 Å². The quantitative estimate of drug-likeness (QED) is 0.196. The first-order chi connectivity index (χ1) is 20.5. The SMILES string of the molecule is CCNC(=O)c1cc2c(-c3cc(C(O)(CC)Cc4ccc(F)cc4)cnc3Oc3c(C)cccc3C)cn(C)c(=O)c2[nH]1. The number of aromatic amines is 1. The number of para-hydroxylation sites is 1. The van der Waals surface area contributed by atoms with E-state index in [-0.39, 0.29) is 40.8 Å². The highest BCUT2D eigenvalue weighted by molar-refractivity contribution is 6.03. The highest BCUT2D eigenvalue weighted by Crippen LogP contribution is 2.40. The predicted molar refractivity (Wildman–Crippen MR) is 165 cm³/mol. The van der Waals surface area contributed by atoms with E-state index >= 15 is 0 Å². The molecule has 1 atom stereocenters. The van der Waals surface area contributed by atoms with Crippen LogP contribution in [-0.4, -0.2) is 32.1 Å². The molecule has 0 bridgehead atoms. The number of carbonyl (C=O) groups excluding carboxylic acids is 1. The number of aliphatic hydroxyl groups is 1. The lowest BCUT2D eigenvalue weighted by Gasteiger charge is -2.28. The van der Waals surface area contributed by atoms with E-state index in [1.54, 1.807) is 37.6 Å². The van der Waals surface area contributed by atoms with Crippen LogP contribution in [0, 0.1) is 19.7 Å². The van der Waals surface area contributed by atoms with Crippen LogP contribution in [0.25, 0.3) is 22.0 Å². The molecule has 3 N–H and O–H groups in total. The molecule has 0 saturated carbocycles. The van der Waals surface area contributed by atoms with Crippen molar-refractivity contribution in [2.45, 2.75) is 46.1 Å².